The van der Waals surface area contributed by atoms with Gasteiger partial charge in [0.05, 0.1) is 17.3 Å². The molecule has 1 aromatic rings. The number of nitrogens with zero attached hydrogens (tertiary/aromatic N) is 2. The molecule has 0 spiro atoms. The SMILES string of the molecule is CCN1C(=O)C[C@@H](NC2CCN(C(=O)c3cccs3)CC2)C1=O. The lowest BCUT2D eigenvalue weighted by Crippen LogP contribution is -2.49. The monoisotopic (exact) mass is 335 g/mol. The van der Waals surface area contributed by atoms with Gasteiger partial charge in [-0.3, -0.25) is 19.3 Å². The van der Waals surface area contributed by atoms with Crippen molar-refractivity contribution < 1.29 is 14.4 Å². The number of nitrogens with one attached hydrogen (secondary N) is 1. The van der Waals surface area contributed by atoms with Crippen molar-refractivity contribution in [1.29, 1.82) is 0 Å². The van der Waals surface area contributed by atoms with Gasteiger partial charge in [-0.2, -0.15) is 0 Å². The van der Waals surface area contributed by atoms with Crippen LogP contribution in [0.5, 0.6) is 0 Å². The molecule has 0 aliphatic carbocycles. The zero-order valence-corrected chi connectivity index (χ0v) is 14.0. The normalized spacial score (nSPS) is 22.9. The van der Waals surface area contributed by atoms with Crippen LogP contribution in [0.15, 0.2) is 17.5 Å². The van der Waals surface area contributed by atoms with Crippen molar-refractivity contribution in [2.45, 2.75) is 38.3 Å². The third-order valence-electron chi connectivity index (χ3n) is 4.51. The van der Waals surface area contributed by atoms with E-state index in [0.717, 1.165) is 17.7 Å². The van der Waals surface area contributed by atoms with E-state index in [9.17, 15) is 14.4 Å². The van der Waals surface area contributed by atoms with Gasteiger partial charge in [0.15, 0.2) is 0 Å². The summed E-state index contributed by atoms with van der Waals surface area (Å²) in [6.45, 7) is 3.61. The zero-order valence-electron chi connectivity index (χ0n) is 13.2. The Morgan fingerprint density at radius 3 is 2.65 bits per heavy atom. The Balaban J connectivity index is 1.51. The lowest BCUT2D eigenvalue weighted by atomic mass is 10.0. The molecule has 124 valence electrons. The van der Waals surface area contributed by atoms with Gasteiger partial charge in [-0.05, 0) is 31.2 Å². The number of thiophene rings is 1. The highest BCUT2D eigenvalue weighted by Gasteiger charge is 2.39. The molecule has 6 nitrogen and oxygen atoms in total. The minimum absolute atomic E-state index is 0.0859. The summed E-state index contributed by atoms with van der Waals surface area (Å²) < 4.78 is 0. The second kappa shape index (κ2) is 6.80. The highest BCUT2D eigenvalue weighted by Crippen LogP contribution is 2.19. The summed E-state index contributed by atoms with van der Waals surface area (Å²) in [6.07, 6.45) is 1.86. The maximum absolute atomic E-state index is 12.3. The fraction of sp³-hybridized carbons (Fsp3) is 0.562. The number of hydrogen-bond acceptors (Lipinski definition) is 5. The second-order valence-corrected chi connectivity index (χ2v) is 6.89. The molecule has 0 aromatic carbocycles. The van der Waals surface area contributed by atoms with Crippen molar-refractivity contribution in [1.82, 2.24) is 15.1 Å². The van der Waals surface area contributed by atoms with Gasteiger partial charge in [-0.1, -0.05) is 6.07 Å². The highest BCUT2D eigenvalue weighted by atomic mass is 32.1. The first-order valence-corrected chi connectivity index (χ1v) is 8.91. The fourth-order valence-corrected chi connectivity index (χ4v) is 3.93. The van der Waals surface area contributed by atoms with Gasteiger partial charge < -0.3 is 10.2 Å². The number of hydrogen-bond donors (Lipinski definition) is 1. The molecule has 2 saturated heterocycles. The molecule has 1 atom stereocenters. The Kier molecular flexibility index (Phi) is 4.77. The van der Waals surface area contributed by atoms with E-state index in [-0.39, 0.29) is 30.2 Å². The van der Waals surface area contributed by atoms with Crippen LogP contribution in [0.4, 0.5) is 0 Å². The topological polar surface area (TPSA) is 69.7 Å². The Morgan fingerprint density at radius 1 is 1.35 bits per heavy atom. The molecule has 2 aliphatic heterocycles. The summed E-state index contributed by atoms with van der Waals surface area (Å²) in [7, 11) is 0. The molecule has 0 bridgehead atoms. The number of likely N-dealkylation sites (N-methyl/N-ethyl adjacent to an activating group) is 1. The van der Waals surface area contributed by atoms with Crippen molar-refractivity contribution in [3.05, 3.63) is 22.4 Å². The van der Waals surface area contributed by atoms with Gasteiger partial charge in [0.25, 0.3) is 5.91 Å². The summed E-state index contributed by atoms with van der Waals surface area (Å²) in [4.78, 5) is 40.1. The van der Waals surface area contributed by atoms with Gasteiger partial charge >= 0.3 is 0 Å². The van der Waals surface area contributed by atoms with Crippen LogP contribution in [0.25, 0.3) is 0 Å². The Labute approximate surface area is 139 Å². The van der Waals surface area contributed by atoms with Gasteiger partial charge in [0.1, 0.15) is 0 Å². The standard InChI is InChI=1S/C16H21N3O3S/c1-2-19-14(20)10-12(15(19)21)17-11-5-7-18(8-6-11)16(22)13-4-3-9-23-13/h3-4,9,11-12,17H,2,5-8,10H2,1H3/t12-/m1/s1. The number of likely N-dealkylation sites (tertiary alicyclic amines) is 2. The minimum Gasteiger partial charge on any atom is -0.338 e. The van der Waals surface area contributed by atoms with Gasteiger partial charge in [-0.15, -0.1) is 11.3 Å². The lowest BCUT2D eigenvalue weighted by Gasteiger charge is -2.33. The van der Waals surface area contributed by atoms with Crippen LogP contribution >= 0.6 is 11.3 Å². The molecule has 2 aliphatic rings. The number of imide groups is 1. The van der Waals surface area contributed by atoms with E-state index in [1.54, 1.807) is 0 Å². The summed E-state index contributed by atoms with van der Waals surface area (Å²) >= 11 is 1.46. The van der Waals surface area contributed by atoms with E-state index in [2.05, 4.69) is 5.32 Å². The molecule has 0 saturated carbocycles. The van der Waals surface area contributed by atoms with Crippen LogP contribution < -0.4 is 5.32 Å². The molecule has 3 amide bonds. The van der Waals surface area contributed by atoms with Crippen molar-refractivity contribution in [2.75, 3.05) is 19.6 Å². The molecule has 23 heavy (non-hydrogen) atoms. The van der Waals surface area contributed by atoms with Crippen LogP contribution in [0.2, 0.25) is 0 Å². The first-order valence-electron chi connectivity index (χ1n) is 8.03. The maximum Gasteiger partial charge on any atom is 0.263 e. The summed E-state index contributed by atoms with van der Waals surface area (Å²) in [5.41, 5.74) is 0. The summed E-state index contributed by atoms with van der Waals surface area (Å²) in [5.74, 6) is -0.127. The van der Waals surface area contributed by atoms with Crippen molar-refractivity contribution >= 4 is 29.1 Å². The van der Waals surface area contributed by atoms with Crippen molar-refractivity contribution in [2.24, 2.45) is 0 Å². The van der Waals surface area contributed by atoms with Crippen LogP contribution in [0, 0.1) is 0 Å². The Bertz CT molecular complexity index is 594. The average molecular weight is 335 g/mol. The predicted molar refractivity (Wildman–Crippen MR) is 87.2 cm³/mol. The zero-order chi connectivity index (χ0) is 16.4. The lowest BCUT2D eigenvalue weighted by molar-refractivity contribution is -0.138. The smallest absolute Gasteiger partial charge is 0.263 e. The molecule has 3 heterocycles. The van der Waals surface area contributed by atoms with Crippen LogP contribution in [0.3, 0.4) is 0 Å². The maximum atomic E-state index is 12.3. The molecule has 2 fully saturated rings. The van der Waals surface area contributed by atoms with Crippen molar-refractivity contribution in [3.63, 3.8) is 0 Å². The van der Waals surface area contributed by atoms with E-state index in [1.165, 1.54) is 16.2 Å². The molecule has 3 rings (SSSR count). The second-order valence-electron chi connectivity index (χ2n) is 5.94. The van der Waals surface area contributed by atoms with Gasteiger partial charge in [0, 0.05) is 25.7 Å². The largest absolute Gasteiger partial charge is 0.338 e. The van der Waals surface area contributed by atoms with Crippen LogP contribution in [0.1, 0.15) is 35.9 Å². The number of piperidine rings is 1. The van der Waals surface area contributed by atoms with Crippen molar-refractivity contribution in [3.8, 4) is 0 Å². The number of carbonyl (C=O) groups is 3. The summed E-state index contributed by atoms with van der Waals surface area (Å²) in [5, 5.41) is 5.22. The number of rotatable bonds is 4. The molecule has 7 heteroatoms. The average Bonchev–Trinajstić information content (AvgIpc) is 3.17. The van der Waals surface area contributed by atoms with Crippen LogP contribution in [-0.4, -0.2) is 59.2 Å². The van der Waals surface area contributed by atoms with E-state index >= 15 is 0 Å². The minimum atomic E-state index is -0.396. The molecule has 0 unspecified atom stereocenters. The quantitative estimate of drug-likeness (QED) is 0.836. The Morgan fingerprint density at radius 2 is 2.09 bits per heavy atom. The predicted octanol–water partition coefficient (Wildman–Crippen LogP) is 1.09. The molecule has 1 aromatic heterocycles. The van der Waals surface area contributed by atoms with E-state index in [4.69, 9.17) is 0 Å². The van der Waals surface area contributed by atoms with E-state index < -0.39 is 6.04 Å². The number of carbonyl (C=O) groups excluding carboxylic acids is 3. The summed E-state index contributed by atoms with van der Waals surface area (Å²) in [6, 6.07) is 3.52. The van der Waals surface area contributed by atoms with E-state index in [1.807, 2.05) is 29.3 Å². The highest BCUT2D eigenvalue weighted by molar-refractivity contribution is 7.12. The first-order chi connectivity index (χ1) is 11.1. The fourth-order valence-electron chi connectivity index (χ4n) is 3.24. The Hall–Kier alpha value is -1.73. The van der Waals surface area contributed by atoms with Gasteiger partial charge in [-0.25, -0.2) is 0 Å². The first kappa shape index (κ1) is 16.1. The number of amides is 3. The third-order valence-corrected chi connectivity index (χ3v) is 5.37. The van der Waals surface area contributed by atoms with Gasteiger partial charge in [0.2, 0.25) is 11.8 Å². The third kappa shape index (κ3) is 3.30. The van der Waals surface area contributed by atoms with Crippen LogP contribution in [-0.2, 0) is 9.59 Å². The molecular formula is C16H21N3O3S. The molecule has 0 radical (unpaired) electrons. The molecule has 1 N–H and O–H groups in total. The molecular weight excluding hydrogens is 314 g/mol. The van der Waals surface area contributed by atoms with E-state index in [0.29, 0.717) is 19.6 Å².